The Morgan fingerprint density at radius 2 is 1.94 bits per heavy atom. The van der Waals surface area contributed by atoms with Gasteiger partial charge in [-0.15, -0.1) is 0 Å². The number of halogens is 1. The third kappa shape index (κ3) is 4.02. The average Bonchev–Trinajstić information content (AvgIpc) is 2.34. The molecule has 1 aromatic carbocycles. The van der Waals surface area contributed by atoms with E-state index in [0.29, 0.717) is 13.2 Å². The average molecular weight is 289 g/mol. The van der Waals surface area contributed by atoms with E-state index >= 15 is 0 Å². The molecule has 90 valence electrons. The minimum Gasteiger partial charge on any atom is -0.493 e. The van der Waals surface area contributed by atoms with E-state index in [1.165, 1.54) is 5.56 Å². The zero-order valence-electron chi connectivity index (χ0n) is 9.66. The highest BCUT2D eigenvalue weighted by molar-refractivity contribution is 9.08. The summed E-state index contributed by atoms with van der Waals surface area (Å²) in [6.07, 6.45) is 0.875. The van der Waals surface area contributed by atoms with Gasteiger partial charge >= 0.3 is 0 Å². The summed E-state index contributed by atoms with van der Waals surface area (Å²) in [5, 5.41) is 0.813. The highest BCUT2D eigenvalue weighted by Gasteiger charge is 2.04. The third-order valence-corrected chi connectivity index (χ3v) is 2.78. The summed E-state index contributed by atoms with van der Waals surface area (Å²) in [4.78, 5) is 0. The lowest BCUT2D eigenvalue weighted by molar-refractivity contribution is 0.170. The Balaban J connectivity index is 2.57. The number of rotatable bonds is 7. The number of benzene rings is 1. The highest BCUT2D eigenvalue weighted by Crippen LogP contribution is 2.28. The van der Waals surface area contributed by atoms with Crippen LogP contribution >= 0.6 is 15.9 Å². The largest absolute Gasteiger partial charge is 0.493 e. The van der Waals surface area contributed by atoms with Crippen molar-refractivity contribution in [2.45, 2.75) is 11.8 Å². The molecule has 0 amide bonds. The lowest BCUT2D eigenvalue weighted by atomic mass is 10.2. The molecule has 0 aromatic heterocycles. The molecule has 0 bridgehead atoms. The predicted molar refractivity (Wildman–Crippen MR) is 67.6 cm³/mol. The van der Waals surface area contributed by atoms with E-state index in [9.17, 15) is 0 Å². The summed E-state index contributed by atoms with van der Waals surface area (Å²) in [6, 6.07) is 5.92. The van der Waals surface area contributed by atoms with Crippen molar-refractivity contribution in [2.75, 3.05) is 27.4 Å². The van der Waals surface area contributed by atoms with Crippen molar-refractivity contribution in [1.82, 2.24) is 0 Å². The summed E-state index contributed by atoms with van der Waals surface area (Å²) in [5.41, 5.74) is 1.17. The Labute approximate surface area is 105 Å². The fourth-order valence-corrected chi connectivity index (χ4v) is 1.65. The first kappa shape index (κ1) is 13.3. The van der Waals surface area contributed by atoms with Gasteiger partial charge in [-0.3, -0.25) is 0 Å². The monoisotopic (exact) mass is 288 g/mol. The Hall–Kier alpha value is -0.740. The molecule has 1 aromatic rings. The van der Waals surface area contributed by atoms with Gasteiger partial charge in [-0.2, -0.15) is 0 Å². The minimum absolute atomic E-state index is 0.637. The summed E-state index contributed by atoms with van der Waals surface area (Å²) in [6.45, 7) is 1.35. The first-order valence-corrected chi connectivity index (χ1v) is 6.28. The first-order chi connectivity index (χ1) is 7.81. The maximum absolute atomic E-state index is 5.61. The van der Waals surface area contributed by atoms with Gasteiger partial charge in [-0.05, 0) is 17.7 Å². The summed E-state index contributed by atoms with van der Waals surface area (Å²) < 4.78 is 15.8. The molecule has 3 nitrogen and oxygen atoms in total. The van der Waals surface area contributed by atoms with Crippen LogP contribution in [0.2, 0.25) is 0 Å². The second-order valence-corrected chi connectivity index (χ2v) is 3.87. The van der Waals surface area contributed by atoms with E-state index in [0.717, 1.165) is 23.2 Å². The predicted octanol–water partition coefficient (Wildman–Crippen LogP) is 3.01. The summed E-state index contributed by atoms with van der Waals surface area (Å²) in [5.74, 6) is 1.55. The lowest BCUT2D eigenvalue weighted by Crippen LogP contribution is -2.02. The fourth-order valence-electron chi connectivity index (χ4n) is 1.30. The molecular formula is C12H17BrO3. The normalized spacial score (nSPS) is 10.2. The molecule has 0 aliphatic rings. The SMILES string of the molecule is COCCCOc1ccc(CBr)cc1OC. The Morgan fingerprint density at radius 1 is 1.12 bits per heavy atom. The molecule has 16 heavy (non-hydrogen) atoms. The van der Waals surface area contributed by atoms with E-state index in [-0.39, 0.29) is 0 Å². The van der Waals surface area contributed by atoms with Crippen LogP contribution in [0, 0.1) is 0 Å². The number of hydrogen-bond donors (Lipinski definition) is 0. The van der Waals surface area contributed by atoms with Crippen molar-refractivity contribution in [3.63, 3.8) is 0 Å². The van der Waals surface area contributed by atoms with Crippen LogP contribution in [-0.2, 0) is 10.1 Å². The Bertz CT molecular complexity index is 315. The minimum atomic E-state index is 0.637. The van der Waals surface area contributed by atoms with Gasteiger partial charge < -0.3 is 14.2 Å². The lowest BCUT2D eigenvalue weighted by Gasteiger charge is -2.11. The number of hydrogen-bond acceptors (Lipinski definition) is 3. The van der Waals surface area contributed by atoms with E-state index in [1.54, 1.807) is 14.2 Å². The molecule has 0 atom stereocenters. The van der Waals surface area contributed by atoms with Crippen LogP contribution in [0.1, 0.15) is 12.0 Å². The van der Waals surface area contributed by atoms with Gasteiger partial charge in [0.1, 0.15) is 0 Å². The van der Waals surface area contributed by atoms with Crippen LogP contribution in [0.15, 0.2) is 18.2 Å². The van der Waals surface area contributed by atoms with Crippen LogP contribution < -0.4 is 9.47 Å². The third-order valence-electron chi connectivity index (χ3n) is 2.13. The van der Waals surface area contributed by atoms with Crippen molar-refractivity contribution >= 4 is 15.9 Å². The fraction of sp³-hybridized carbons (Fsp3) is 0.500. The number of ether oxygens (including phenoxy) is 3. The van der Waals surface area contributed by atoms with Crippen molar-refractivity contribution in [3.05, 3.63) is 23.8 Å². The second kappa shape index (κ2) is 7.52. The zero-order chi connectivity index (χ0) is 11.8. The summed E-state index contributed by atoms with van der Waals surface area (Å²) in [7, 11) is 3.33. The molecule has 0 spiro atoms. The van der Waals surface area contributed by atoms with Crippen molar-refractivity contribution in [3.8, 4) is 11.5 Å². The Morgan fingerprint density at radius 3 is 2.56 bits per heavy atom. The van der Waals surface area contributed by atoms with Gasteiger partial charge in [-0.1, -0.05) is 22.0 Å². The molecule has 1 rings (SSSR count). The van der Waals surface area contributed by atoms with Crippen LogP contribution in [0.3, 0.4) is 0 Å². The van der Waals surface area contributed by atoms with Gasteiger partial charge in [0, 0.05) is 25.5 Å². The maximum atomic E-state index is 5.61. The number of methoxy groups -OCH3 is 2. The smallest absolute Gasteiger partial charge is 0.161 e. The molecule has 0 saturated heterocycles. The molecule has 0 heterocycles. The van der Waals surface area contributed by atoms with Crippen molar-refractivity contribution in [1.29, 1.82) is 0 Å². The topological polar surface area (TPSA) is 27.7 Å². The second-order valence-electron chi connectivity index (χ2n) is 3.31. The molecule has 0 saturated carbocycles. The maximum Gasteiger partial charge on any atom is 0.161 e. The van der Waals surface area contributed by atoms with Gasteiger partial charge in [-0.25, -0.2) is 0 Å². The van der Waals surface area contributed by atoms with E-state index in [1.807, 2.05) is 18.2 Å². The van der Waals surface area contributed by atoms with Crippen LogP contribution in [0.25, 0.3) is 0 Å². The molecule has 0 fully saturated rings. The van der Waals surface area contributed by atoms with Crippen LogP contribution in [0.5, 0.6) is 11.5 Å². The molecule has 0 N–H and O–H groups in total. The van der Waals surface area contributed by atoms with Gasteiger partial charge in [0.25, 0.3) is 0 Å². The Kier molecular flexibility index (Phi) is 6.26. The van der Waals surface area contributed by atoms with Crippen LogP contribution in [-0.4, -0.2) is 27.4 Å². The molecule has 0 aliphatic carbocycles. The van der Waals surface area contributed by atoms with Gasteiger partial charge in [0.2, 0.25) is 0 Å². The van der Waals surface area contributed by atoms with E-state index < -0.39 is 0 Å². The summed E-state index contributed by atoms with van der Waals surface area (Å²) >= 11 is 3.41. The molecule has 4 heteroatoms. The van der Waals surface area contributed by atoms with E-state index in [2.05, 4.69) is 15.9 Å². The van der Waals surface area contributed by atoms with Crippen LogP contribution in [0.4, 0.5) is 0 Å². The molecular weight excluding hydrogens is 272 g/mol. The molecule has 0 unspecified atom stereocenters. The highest BCUT2D eigenvalue weighted by atomic mass is 79.9. The standard InChI is InChI=1S/C12H17BrO3/c1-14-6-3-7-16-11-5-4-10(9-13)8-12(11)15-2/h4-5,8H,3,6-7,9H2,1-2H3. The van der Waals surface area contributed by atoms with E-state index in [4.69, 9.17) is 14.2 Å². The first-order valence-electron chi connectivity index (χ1n) is 5.16. The number of alkyl halides is 1. The zero-order valence-corrected chi connectivity index (χ0v) is 11.2. The van der Waals surface area contributed by atoms with Gasteiger partial charge in [0.05, 0.1) is 13.7 Å². The molecule has 0 radical (unpaired) electrons. The van der Waals surface area contributed by atoms with Crippen molar-refractivity contribution in [2.24, 2.45) is 0 Å². The molecule has 0 aliphatic heterocycles. The van der Waals surface area contributed by atoms with Crippen molar-refractivity contribution < 1.29 is 14.2 Å². The van der Waals surface area contributed by atoms with Gasteiger partial charge in [0.15, 0.2) is 11.5 Å². The quantitative estimate of drug-likeness (QED) is 0.570.